The van der Waals surface area contributed by atoms with Gasteiger partial charge < -0.3 is 25.2 Å². The number of aromatic nitrogens is 2. The van der Waals surface area contributed by atoms with Gasteiger partial charge in [0.25, 0.3) is 5.69 Å². The van der Waals surface area contributed by atoms with E-state index < -0.39 is 27.4 Å². The number of rotatable bonds is 5. The van der Waals surface area contributed by atoms with Crippen molar-refractivity contribution >= 4 is 29.2 Å². The second kappa shape index (κ2) is 8.67. The Labute approximate surface area is 164 Å². The van der Waals surface area contributed by atoms with Gasteiger partial charge in [0, 0.05) is 32.2 Å². The van der Waals surface area contributed by atoms with Crippen LogP contribution in [-0.2, 0) is 0 Å². The number of anilines is 1. The number of hydrogen-bond donors (Lipinski definition) is 6. The molecule has 1 aliphatic heterocycles. The first-order valence-electron chi connectivity index (χ1n) is 8.85. The minimum absolute atomic E-state index is 0.120. The third-order valence-corrected chi connectivity index (χ3v) is 4.72. The summed E-state index contributed by atoms with van der Waals surface area (Å²) in [5.74, 6) is 0. The summed E-state index contributed by atoms with van der Waals surface area (Å²) in [5, 5.41) is 39.3. The van der Waals surface area contributed by atoms with Crippen molar-refractivity contribution in [3.8, 4) is 0 Å². The van der Waals surface area contributed by atoms with E-state index in [1.807, 2.05) is 16.9 Å². The van der Waals surface area contributed by atoms with Crippen molar-refractivity contribution in [3.63, 3.8) is 0 Å². The van der Waals surface area contributed by atoms with Crippen LogP contribution in [0.25, 0.3) is 12.2 Å². The zero-order chi connectivity index (χ0) is 21.1. The van der Waals surface area contributed by atoms with Gasteiger partial charge >= 0.3 is 11.2 Å². The van der Waals surface area contributed by atoms with Gasteiger partial charge in [0.15, 0.2) is 5.69 Å². The van der Waals surface area contributed by atoms with Gasteiger partial charge in [-0.2, -0.15) is 10.5 Å². The quantitative estimate of drug-likeness (QED) is 0.304. The summed E-state index contributed by atoms with van der Waals surface area (Å²) in [6.45, 7) is 3.08. The van der Waals surface area contributed by atoms with Gasteiger partial charge in [-0.3, -0.25) is 9.78 Å². The summed E-state index contributed by atoms with van der Waals surface area (Å²) in [6.07, 6.45) is 2.70. The molecule has 3 rings (SSSR count). The fraction of sp³-hybridized carbons (Fsp3) is 0.294. The van der Waals surface area contributed by atoms with E-state index in [0.29, 0.717) is 24.3 Å². The number of piperazine rings is 1. The predicted molar refractivity (Wildman–Crippen MR) is 104 cm³/mol. The van der Waals surface area contributed by atoms with Crippen molar-refractivity contribution in [2.45, 2.75) is 0 Å². The average Bonchev–Trinajstić information content (AvgIpc) is 2.66. The minimum atomic E-state index is -1.49. The Morgan fingerprint density at radius 2 is 1.72 bits per heavy atom. The van der Waals surface area contributed by atoms with E-state index in [-0.39, 0.29) is 11.4 Å². The van der Waals surface area contributed by atoms with E-state index in [9.17, 15) is 30.4 Å². The van der Waals surface area contributed by atoms with Crippen LogP contribution in [0.2, 0.25) is 0 Å². The number of H-pyrrole nitrogens is 2. The van der Waals surface area contributed by atoms with Gasteiger partial charge in [0.1, 0.15) is 11.4 Å². The molecule has 0 radical (unpaired) electrons. The standard InChI is InChI=1S/C17H22N6O6/c1-20-6-8-21(9-7-20)13-5-3-11(10-14(13)22(26)27)2-4-12-15(23(28)29)16(24)19-17(25)18-12/h2-5,10,22-23,26,28H,6-9H2,1H3,(H2,18,19,24,25). The third kappa shape index (κ3) is 4.78. The van der Waals surface area contributed by atoms with Crippen molar-refractivity contribution in [2.24, 2.45) is 0 Å². The highest BCUT2D eigenvalue weighted by molar-refractivity contribution is 5.75. The third-order valence-electron chi connectivity index (χ3n) is 4.72. The topological polar surface area (TPSA) is 168 Å². The van der Waals surface area contributed by atoms with Crippen LogP contribution in [0.1, 0.15) is 11.3 Å². The van der Waals surface area contributed by atoms with Gasteiger partial charge in [-0.25, -0.2) is 15.2 Å². The summed E-state index contributed by atoms with van der Waals surface area (Å²) >= 11 is 0. The molecular formula is C17H22N6O6. The lowest BCUT2D eigenvalue weighted by atomic mass is 10.1. The van der Waals surface area contributed by atoms with Crippen LogP contribution in [0.15, 0.2) is 27.8 Å². The molecular weight excluding hydrogens is 384 g/mol. The SMILES string of the molecule is CN1CCN(c2ccc(C=Cc3[nH]c(=O)[nH]c(=O)c3[NH+]([O-])O)cc2[NH+]([O-])O)CC1. The van der Waals surface area contributed by atoms with Gasteiger partial charge in [-0.15, -0.1) is 0 Å². The van der Waals surface area contributed by atoms with Crippen LogP contribution < -0.4 is 26.6 Å². The molecule has 1 fully saturated rings. The molecule has 12 heteroatoms. The molecule has 2 heterocycles. The molecule has 0 saturated carbocycles. The second-order valence-electron chi connectivity index (χ2n) is 6.71. The molecule has 6 N–H and O–H groups in total. The van der Waals surface area contributed by atoms with E-state index in [1.54, 1.807) is 12.1 Å². The summed E-state index contributed by atoms with van der Waals surface area (Å²) in [7, 11) is 2.01. The van der Waals surface area contributed by atoms with Gasteiger partial charge in [0.2, 0.25) is 0 Å². The minimum Gasteiger partial charge on any atom is -0.595 e. The largest absolute Gasteiger partial charge is 0.595 e. The van der Waals surface area contributed by atoms with E-state index in [4.69, 9.17) is 0 Å². The number of likely N-dealkylation sites (N-methyl/N-ethyl adjacent to an activating group) is 1. The molecule has 2 aromatic rings. The molecule has 156 valence electrons. The van der Waals surface area contributed by atoms with Gasteiger partial charge in [0.05, 0.1) is 0 Å². The van der Waals surface area contributed by atoms with Crippen LogP contribution in [-0.4, -0.2) is 58.5 Å². The fourth-order valence-electron chi connectivity index (χ4n) is 3.17. The number of hydrogen-bond acceptors (Lipinski definition) is 8. The highest BCUT2D eigenvalue weighted by atomic mass is 16.8. The average molecular weight is 406 g/mol. The monoisotopic (exact) mass is 406 g/mol. The number of benzene rings is 1. The number of aromatic amines is 2. The summed E-state index contributed by atoms with van der Waals surface area (Å²) in [5.41, 5.74) is -1.42. The van der Waals surface area contributed by atoms with Gasteiger partial charge in [-0.1, -0.05) is 12.1 Å². The van der Waals surface area contributed by atoms with E-state index in [1.165, 1.54) is 18.2 Å². The zero-order valence-corrected chi connectivity index (χ0v) is 15.6. The van der Waals surface area contributed by atoms with Crippen LogP contribution in [0, 0.1) is 10.4 Å². The lowest BCUT2D eigenvalue weighted by molar-refractivity contribution is -0.992. The second-order valence-corrected chi connectivity index (χ2v) is 6.71. The van der Waals surface area contributed by atoms with Crippen LogP contribution in [0.4, 0.5) is 17.1 Å². The summed E-state index contributed by atoms with van der Waals surface area (Å²) in [4.78, 5) is 31.5. The van der Waals surface area contributed by atoms with Crippen molar-refractivity contribution in [2.75, 3.05) is 38.1 Å². The fourth-order valence-corrected chi connectivity index (χ4v) is 3.17. The molecule has 1 aliphatic rings. The number of quaternary nitrogens is 2. The maximum atomic E-state index is 11.8. The smallest absolute Gasteiger partial charge is 0.326 e. The summed E-state index contributed by atoms with van der Waals surface area (Å²) < 4.78 is 0. The van der Waals surface area contributed by atoms with Crippen molar-refractivity contribution in [3.05, 3.63) is 60.7 Å². The lowest BCUT2D eigenvalue weighted by Gasteiger charge is -2.35. The molecule has 1 aromatic carbocycles. The molecule has 0 amide bonds. The first-order chi connectivity index (χ1) is 13.8. The Kier molecular flexibility index (Phi) is 6.24. The molecule has 0 aliphatic carbocycles. The Balaban J connectivity index is 1.94. The van der Waals surface area contributed by atoms with Crippen LogP contribution >= 0.6 is 0 Å². The van der Waals surface area contributed by atoms with Crippen LogP contribution in [0.3, 0.4) is 0 Å². The normalized spacial score (nSPS) is 17.6. The number of nitrogens with zero attached hydrogens (tertiary/aromatic N) is 2. The van der Waals surface area contributed by atoms with Crippen molar-refractivity contribution < 1.29 is 20.9 Å². The Hall–Kier alpha value is -2.84. The van der Waals surface area contributed by atoms with Crippen molar-refractivity contribution in [1.82, 2.24) is 14.9 Å². The van der Waals surface area contributed by atoms with Crippen LogP contribution in [0.5, 0.6) is 0 Å². The lowest BCUT2D eigenvalue weighted by Crippen LogP contribution is -3.00. The number of nitrogens with one attached hydrogen (secondary N) is 4. The molecule has 12 nitrogen and oxygen atoms in total. The first kappa shape index (κ1) is 20.9. The van der Waals surface area contributed by atoms with E-state index >= 15 is 0 Å². The Morgan fingerprint density at radius 1 is 1.03 bits per heavy atom. The maximum Gasteiger partial charge on any atom is 0.326 e. The predicted octanol–water partition coefficient (Wildman–Crippen LogP) is -2.21. The van der Waals surface area contributed by atoms with Crippen molar-refractivity contribution in [1.29, 1.82) is 0 Å². The zero-order valence-electron chi connectivity index (χ0n) is 15.6. The maximum absolute atomic E-state index is 11.8. The molecule has 29 heavy (non-hydrogen) atoms. The molecule has 1 saturated heterocycles. The molecule has 0 spiro atoms. The van der Waals surface area contributed by atoms with E-state index in [2.05, 4.69) is 9.88 Å². The Bertz CT molecular complexity index is 1010. The molecule has 1 aromatic heterocycles. The Morgan fingerprint density at radius 3 is 2.34 bits per heavy atom. The highest BCUT2D eigenvalue weighted by Crippen LogP contribution is 2.26. The van der Waals surface area contributed by atoms with Gasteiger partial charge in [-0.05, 0) is 24.8 Å². The molecule has 0 bridgehead atoms. The molecule has 2 atom stereocenters. The van der Waals surface area contributed by atoms with E-state index in [0.717, 1.165) is 13.1 Å². The highest BCUT2D eigenvalue weighted by Gasteiger charge is 2.20. The first-order valence-corrected chi connectivity index (χ1v) is 8.85. The molecule has 2 unspecified atom stereocenters. The summed E-state index contributed by atoms with van der Waals surface area (Å²) in [6, 6.07) is 4.87.